The quantitative estimate of drug-likeness (QED) is 0.499. The first-order chi connectivity index (χ1) is 12.7. The number of nitrogens with one attached hydrogen (secondary N) is 2. The summed E-state index contributed by atoms with van der Waals surface area (Å²) >= 11 is 7.45. The zero-order valence-electron chi connectivity index (χ0n) is 14.7. The molecule has 2 N–H and O–H groups in total. The molecule has 132 valence electrons. The largest absolute Gasteiger partial charge is 0.334 e. The van der Waals surface area contributed by atoms with E-state index in [0.29, 0.717) is 11.7 Å². The van der Waals surface area contributed by atoms with Crippen LogP contribution >= 0.6 is 24.0 Å². The van der Waals surface area contributed by atoms with Crippen LogP contribution in [0.25, 0.3) is 0 Å². The predicted octanol–water partition coefficient (Wildman–Crippen LogP) is 4.62. The van der Waals surface area contributed by atoms with Gasteiger partial charge < -0.3 is 10.2 Å². The fourth-order valence-corrected chi connectivity index (χ4v) is 3.35. The third kappa shape index (κ3) is 5.31. The van der Waals surface area contributed by atoms with Crippen LogP contribution in [0.4, 0.5) is 5.69 Å². The molecule has 0 aliphatic rings. The summed E-state index contributed by atoms with van der Waals surface area (Å²) in [6, 6.07) is 24.8. The Morgan fingerprint density at radius 3 is 2.54 bits per heavy atom. The van der Waals surface area contributed by atoms with E-state index in [4.69, 9.17) is 12.2 Å². The summed E-state index contributed by atoms with van der Waals surface area (Å²) in [7, 11) is 0. The van der Waals surface area contributed by atoms with Crippen molar-refractivity contribution in [1.82, 2.24) is 4.90 Å². The van der Waals surface area contributed by atoms with Gasteiger partial charge in [0.1, 0.15) is 6.54 Å². The summed E-state index contributed by atoms with van der Waals surface area (Å²) in [5.41, 5.74) is 3.35. The number of rotatable bonds is 6. The molecule has 3 nitrogen and oxygen atoms in total. The average Bonchev–Trinajstić information content (AvgIpc) is 2.69. The Kier molecular flexibility index (Phi) is 6.63. The number of aromatic amines is 1. The Labute approximate surface area is 164 Å². The maximum atomic E-state index is 5.73. The summed E-state index contributed by atoms with van der Waals surface area (Å²) in [4.78, 5) is 6.67. The van der Waals surface area contributed by atoms with Crippen molar-refractivity contribution in [3.05, 3.63) is 90.3 Å². The molecular weight excluding hydrogens is 358 g/mol. The van der Waals surface area contributed by atoms with Crippen molar-refractivity contribution in [2.45, 2.75) is 18.0 Å². The van der Waals surface area contributed by atoms with Crippen LogP contribution in [0, 0.1) is 0 Å². The molecule has 5 heteroatoms. The number of thioether (sulfide) groups is 1. The lowest BCUT2D eigenvalue weighted by atomic mass is 10.2. The van der Waals surface area contributed by atoms with Crippen molar-refractivity contribution in [3.63, 3.8) is 0 Å². The van der Waals surface area contributed by atoms with Gasteiger partial charge in [-0.2, -0.15) is 0 Å². The molecular formula is C21H22N3S2+. The number of H-pyrrole nitrogens is 1. The first-order valence-corrected chi connectivity index (χ1v) is 10.1. The minimum atomic E-state index is 0.712. The Balaban J connectivity index is 1.77. The van der Waals surface area contributed by atoms with Crippen LogP contribution in [0.3, 0.4) is 0 Å². The van der Waals surface area contributed by atoms with Crippen LogP contribution in [0.1, 0.15) is 11.3 Å². The number of hydrogen-bond acceptors (Lipinski definition) is 2. The summed E-state index contributed by atoms with van der Waals surface area (Å²) in [5, 5.41) is 4.10. The summed E-state index contributed by atoms with van der Waals surface area (Å²) in [5.74, 6) is 0. The second-order valence-corrected chi connectivity index (χ2v) is 7.16. The van der Waals surface area contributed by atoms with Crippen LogP contribution in [0.2, 0.25) is 0 Å². The van der Waals surface area contributed by atoms with Gasteiger partial charge in [-0.05, 0) is 42.2 Å². The van der Waals surface area contributed by atoms with Gasteiger partial charge in [0, 0.05) is 29.3 Å². The highest BCUT2D eigenvalue weighted by atomic mass is 32.2. The van der Waals surface area contributed by atoms with Crippen molar-refractivity contribution in [3.8, 4) is 0 Å². The molecule has 0 saturated heterocycles. The highest BCUT2D eigenvalue weighted by Crippen LogP contribution is 2.20. The maximum Gasteiger partial charge on any atom is 0.199 e. The third-order valence-corrected chi connectivity index (χ3v) is 5.04. The number of nitrogens with zero attached hydrogens (tertiary/aromatic N) is 1. The zero-order valence-corrected chi connectivity index (χ0v) is 16.3. The summed E-state index contributed by atoms with van der Waals surface area (Å²) < 4.78 is 0. The minimum absolute atomic E-state index is 0.712. The molecule has 0 spiro atoms. The Hall–Kier alpha value is -2.37. The van der Waals surface area contributed by atoms with Gasteiger partial charge in [0.2, 0.25) is 0 Å². The molecule has 0 aliphatic heterocycles. The second kappa shape index (κ2) is 9.36. The standard InChI is InChI=1S/C21H21N3S2/c1-26-20-12-7-11-18(14-20)23-21(25)24(15-17-8-3-2-4-9-17)16-19-10-5-6-13-22-19/h2-14H,15-16H2,1H3,(H,23,25)/p+1. The Morgan fingerprint density at radius 1 is 1.00 bits per heavy atom. The lowest BCUT2D eigenvalue weighted by Crippen LogP contribution is -2.35. The van der Waals surface area contributed by atoms with Gasteiger partial charge in [0.05, 0.1) is 0 Å². The van der Waals surface area contributed by atoms with Crippen molar-refractivity contribution < 1.29 is 4.98 Å². The lowest BCUT2D eigenvalue weighted by molar-refractivity contribution is -0.392. The van der Waals surface area contributed by atoms with Gasteiger partial charge in [0.15, 0.2) is 17.0 Å². The fraction of sp³-hybridized carbons (Fsp3) is 0.143. The van der Waals surface area contributed by atoms with Crippen molar-refractivity contribution in [1.29, 1.82) is 0 Å². The topological polar surface area (TPSA) is 29.4 Å². The van der Waals surface area contributed by atoms with E-state index >= 15 is 0 Å². The van der Waals surface area contributed by atoms with Crippen LogP contribution in [0.5, 0.6) is 0 Å². The van der Waals surface area contributed by atoms with Gasteiger partial charge in [-0.1, -0.05) is 42.5 Å². The SMILES string of the molecule is CSc1cccc(NC(=S)N(Cc2ccccc2)Cc2cccc[nH+]2)c1. The number of anilines is 1. The minimum Gasteiger partial charge on any atom is -0.334 e. The van der Waals surface area contributed by atoms with Crippen molar-refractivity contribution in [2.24, 2.45) is 0 Å². The molecule has 0 aliphatic carbocycles. The monoisotopic (exact) mass is 380 g/mol. The number of thiocarbonyl (C=S) groups is 1. The third-order valence-electron chi connectivity index (χ3n) is 3.96. The number of benzene rings is 2. The second-order valence-electron chi connectivity index (χ2n) is 5.89. The van der Waals surface area contributed by atoms with Crippen molar-refractivity contribution >= 4 is 34.8 Å². The molecule has 1 heterocycles. The average molecular weight is 381 g/mol. The fourth-order valence-electron chi connectivity index (χ4n) is 2.64. The van der Waals surface area contributed by atoms with Gasteiger partial charge in [-0.3, -0.25) is 0 Å². The van der Waals surface area contributed by atoms with Crippen LogP contribution in [0.15, 0.2) is 83.9 Å². The zero-order chi connectivity index (χ0) is 18.2. The van der Waals surface area contributed by atoms with E-state index in [2.05, 4.69) is 63.9 Å². The molecule has 0 saturated carbocycles. The number of aromatic nitrogens is 1. The maximum absolute atomic E-state index is 5.73. The van der Waals surface area contributed by atoms with E-state index in [1.165, 1.54) is 10.5 Å². The number of hydrogen-bond donors (Lipinski definition) is 1. The normalized spacial score (nSPS) is 10.3. The molecule has 0 fully saturated rings. The highest BCUT2D eigenvalue weighted by molar-refractivity contribution is 7.98. The highest BCUT2D eigenvalue weighted by Gasteiger charge is 2.14. The van der Waals surface area contributed by atoms with Gasteiger partial charge in [-0.15, -0.1) is 11.8 Å². The molecule has 0 bridgehead atoms. The molecule has 1 aromatic heterocycles. The molecule has 0 amide bonds. The first-order valence-electron chi connectivity index (χ1n) is 8.44. The van der Waals surface area contributed by atoms with Gasteiger partial charge in [0.25, 0.3) is 0 Å². The smallest absolute Gasteiger partial charge is 0.199 e. The van der Waals surface area contributed by atoms with Crippen molar-refractivity contribution in [2.75, 3.05) is 11.6 Å². The Morgan fingerprint density at radius 2 is 1.81 bits per heavy atom. The molecule has 0 atom stereocenters. The van der Waals surface area contributed by atoms with Crippen LogP contribution < -0.4 is 10.3 Å². The summed E-state index contributed by atoms with van der Waals surface area (Å²) in [6.07, 6.45) is 4.01. The van der Waals surface area contributed by atoms with E-state index < -0.39 is 0 Å². The first kappa shape index (κ1) is 18.4. The van der Waals surface area contributed by atoms with E-state index in [-0.39, 0.29) is 0 Å². The van der Waals surface area contributed by atoms with Crippen LogP contribution in [-0.2, 0) is 13.1 Å². The summed E-state index contributed by atoms with van der Waals surface area (Å²) in [6.45, 7) is 1.46. The number of pyridine rings is 1. The molecule has 0 unspecified atom stereocenters. The molecule has 26 heavy (non-hydrogen) atoms. The Bertz CT molecular complexity index is 797. The molecule has 0 radical (unpaired) electrons. The van der Waals surface area contributed by atoms with E-state index in [0.717, 1.165) is 17.9 Å². The molecule has 3 aromatic rings. The molecule has 3 rings (SSSR count). The predicted molar refractivity (Wildman–Crippen MR) is 113 cm³/mol. The van der Waals surface area contributed by atoms with Gasteiger partial charge in [-0.25, -0.2) is 4.98 Å². The lowest BCUT2D eigenvalue weighted by Gasteiger charge is -2.24. The van der Waals surface area contributed by atoms with Gasteiger partial charge >= 0.3 is 0 Å². The van der Waals surface area contributed by atoms with E-state index in [9.17, 15) is 0 Å². The van der Waals surface area contributed by atoms with E-state index in [1.807, 2.05) is 36.5 Å². The van der Waals surface area contributed by atoms with Crippen LogP contribution in [-0.4, -0.2) is 16.3 Å². The molecule has 2 aromatic carbocycles. The van der Waals surface area contributed by atoms with E-state index in [1.54, 1.807) is 11.8 Å².